The predicted molar refractivity (Wildman–Crippen MR) is 275 cm³/mol. The van der Waals surface area contributed by atoms with E-state index in [4.69, 9.17) is 25.4 Å². The molecule has 0 radical (unpaired) electrons. The number of carbonyl (C=O) groups excluding carboxylic acids is 4. The lowest BCUT2D eigenvalue weighted by molar-refractivity contribution is -0.152. The molecule has 3 aliphatic carbocycles. The van der Waals surface area contributed by atoms with E-state index >= 15 is 0 Å². The minimum Gasteiger partial charge on any atom is -0.465 e. The second-order valence-corrected chi connectivity index (χ2v) is 19.3. The molecule has 0 spiro atoms. The van der Waals surface area contributed by atoms with Gasteiger partial charge in [0.2, 0.25) is 0 Å². The Morgan fingerprint density at radius 1 is 0.563 bits per heavy atom. The number of terminal acetylenes is 1. The van der Waals surface area contributed by atoms with Gasteiger partial charge in [-0.3, -0.25) is 9.59 Å². The highest BCUT2D eigenvalue weighted by Gasteiger charge is 2.40. The number of rotatable bonds is 14. The summed E-state index contributed by atoms with van der Waals surface area (Å²) in [5, 5.41) is 0. The van der Waals surface area contributed by atoms with Crippen molar-refractivity contribution in [2.45, 2.75) is 115 Å². The van der Waals surface area contributed by atoms with Gasteiger partial charge in [0, 0.05) is 39.5 Å². The summed E-state index contributed by atoms with van der Waals surface area (Å²) in [5.41, 5.74) is 4.61. The van der Waals surface area contributed by atoms with Gasteiger partial charge in [0.05, 0.1) is 30.6 Å². The van der Waals surface area contributed by atoms with Crippen LogP contribution in [0.4, 0.5) is 0 Å². The van der Waals surface area contributed by atoms with E-state index in [2.05, 4.69) is 54.9 Å². The summed E-state index contributed by atoms with van der Waals surface area (Å²) in [6, 6.07) is 29.8. The molecule has 3 aliphatic rings. The summed E-state index contributed by atoms with van der Waals surface area (Å²) in [6.07, 6.45) is 20.4. The fraction of sp³-hybridized carbons (Fsp3) is 0.397. The third-order valence-electron chi connectivity index (χ3n) is 14.2. The highest BCUT2D eigenvalue weighted by Crippen LogP contribution is 2.44. The number of benzene rings is 4. The summed E-state index contributed by atoms with van der Waals surface area (Å²) in [5.74, 6) is 22.7. The minimum absolute atomic E-state index is 0.221. The predicted octanol–water partition coefficient (Wildman–Crippen LogP) is 12.0. The number of hydrogen-bond donors (Lipinski definition) is 0. The molecule has 3 saturated carbocycles. The van der Waals surface area contributed by atoms with Crippen LogP contribution in [0.5, 0.6) is 5.75 Å². The van der Waals surface area contributed by atoms with Gasteiger partial charge in [-0.1, -0.05) is 61.9 Å². The van der Waals surface area contributed by atoms with Crippen LogP contribution in [0.2, 0.25) is 0 Å². The molecule has 4 aromatic rings. The second-order valence-electron chi connectivity index (χ2n) is 19.3. The molecule has 3 fully saturated rings. The van der Waals surface area contributed by atoms with Crippen molar-refractivity contribution in [1.29, 1.82) is 0 Å². The molecule has 0 saturated heterocycles. The van der Waals surface area contributed by atoms with Gasteiger partial charge >= 0.3 is 23.9 Å². The van der Waals surface area contributed by atoms with E-state index in [-0.39, 0.29) is 23.8 Å². The van der Waals surface area contributed by atoms with Crippen LogP contribution in [0.15, 0.2) is 110 Å². The second kappa shape index (κ2) is 26.1. The lowest BCUT2D eigenvalue weighted by atomic mass is 9.68. The Morgan fingerprint density at radius 3 is 1.51 bits per heavy atom. The fourth-order valence-corrected chi connectivity index (χ4v) is 9.73. The first kappa shape index (κ1) is 51.6. The van der Waals surface area contributed by atoms with Gasteiger partial charge in [-0.2, -0.15) is 0 Å². The number of hydrogen-bond acceptors (Lipinski definition) is 8. The van der Waals surface area contributed by atoms with Gasteiger partial charge in [-0.15, -0.1) is 6.42 Å². The van der Waals surface area contributed by atoms with Crippen molar-refractivity contribution >= 4 is 23.9 Å². The molecule has 8 nitrogen and oxygen atoms in total. The quantitative estimate of drug-likeness (QED) is 0.0307. The van der Waals surface area contributed by atoms with Crippen molar-refractivity contribution in [2.75, 3.05) is 13.2 Å². The maximum absolute atomic E-state index is 13.9. The molecule has 4 aromatic carbocycles. The van der Waals surface area contributed by atoms with E-state index in [0.29, 0.717) is 74.9 Å². The van der Waals surface area contributed by atoms with Crippen LogP contribution in [0.1, 0.15) is 153 Å². The van der Waals surface area contributed by atoms with E-state index in [1.165, 1.54) is 25.7 Å². The average molecular weight is 949 g/mol. The molecule has 71 heavy (non-hydrogen) atoms. The van der Waals surface area contributed by atoms with Crippen LogP contribution < -0.4 is 4.74 Å². The Bertz CT molecular complexity index is 2680. The smallest absolute Gasteiger partial charge is 0.339 e. The highest BCUT2D eigenvalue weighted by atomic mass is 16.6. The first-order valence-corrected chi connectivity index (χ1v) is 25.4. The molecular formula is C63H64O8. The summed E-state index contributed by atoms with van der Waals surface area (Å²) in [4.78, 5) is 50.9. The van der Waals surface area contributed by atoms with Crippen molar-refractivity contribution in [2.24, 2.45) is 29.6 Å². The van der Waals surface area contributed by atoms with Gasteiger partial charge < -0.3 is 18.9 Å². The van der Waals surface area contributed by atoms with E-state index in [9.17, 15) is 19.2 Å². The summed E-state index contributed by atoms with van der Waals surface area (Å²) in [6.45, 7) is 6.43. The molecule has 0 amide bonds. The van der Waals surface area contributed by atoms with Crippen molar-refractivity contribution < 1.29 is 38.1 Å². The van der Waals surface area contributed by atoms with Crippen molar-refractivity contribution in [3.05, 3.63) is 149 Å². The molecule has 0 N–H and O–H groups in total. The fourth-order valence-electron chi connectivity index (χ4n) is 9.73. The molecule has 7 rings (SSSR count). The standard InChI is InChI=1S/C63H64O8/c1-4-47-12-14-48(15-13-47)16-17-49-18-20-50(21-19-49)22-23-51-24-26-52(27-25-51)38-41-63(42-39-54(40-43-63)53-28-10-46(3)11-29-53)71-62(67)57-34-36-58(37-35-57)70-61(66)56-32-30-55(31-33-56)60(65)69-45-9-7-6-8-44-68-59(64)5-2/h1,5,12-15,18-21,24-27,34-37,46,53-56H,2,6-11,28-33,39-40,42-45H2,3H3. The molecule has 364 valence electrons. The molecule has 0 aliphatic heterocycles. The van der Waals surface area contributed by atoms with Crippen LogP contribution >= 0.6 is 0 Å². The molecule has 0 unspecified atom stereocenters. The molecule has 0 aromatic heterocycles. The molecule has 0 heterocycles. The van der Waals surface area contributed by atoms with E-state index in [1.54, 1.807) is 24.3 Å². The summed E-state index contributed by atoms with van der Waals surface area (Å²) in [7, 11) is 0. The van der Waals surface area contributed by atoms with Crippen LogP contribution in [-0.4, -0.2) is 42.7 Å². The monoisotopic (exact) mass is 948 g/mol. The van der Waals surface area contributed by atoms with Crippen LogP contribution in [0, 0.1) is 77.5 Å². The molecule has 0 bridgehead atoms. The summed E-state index contributed by atoms with van der Waals surface area (Å²) < 4.78 is 22.6. The molecular weight excluding hydrogens is 885 g/mol. The number of unbranched alkanes of at least 4 members (excludes halogenated alkanes) is 3. The highest BCUT2D eigenvalue weighted by molar-refractivity contribution is 5.90. The Morgan fingerprint density at radius 2 is 1.01 bits per heavy atom. The van der Waals surface area contributed by atoms with Crippen molar-refractivity contribution in [3.8, 4) is 53.6 Å². The largest absolute Gasteiger partial charge is 0.465 e. The zero-order chi connectivity index (χ0) is 49.8. The number of carbonyl (C=O) groups is 4. The lowest BCUT2D eigenvalue weighted by Gasteiger charge is -2.40. The maximum atomic E-state index is 13.9. The first-order valence-electron chi connectivity index (χ1n) is 25.4. The number of ether oxygens (including phenoxy) is 4. The maximum Gasteiger partial charge on any atom is 0.339 e. The van der Waals surface area contributed by atoms with Crippen molar-refractivity contribution in [1.82, 2.24) is 0 Å². The van der Waals surface area contributed by atoms with Crippen LogP contribution in [-0.2, 0) is 28.6 Å². The zero-order valence-corrected chi connectivity index (χ0v) is 41.0. The topological polar surface area (TPSA) is 105 Å². The van der Waals surface area contributed by atoms with E-state index in [0.717, 1.165) is 83.9 Å². The molecule has 8 heteroatoms. The first-order chi connectivity index (χ1) is 34.6. The Hall–Kier alpha value is -7.26. The Balaban J connectivity index is 0.908. The van der Waals surface area contributed by atoms with Crippen LogP contribution in [0.3, 0.4) is 0 Å². The normalized spacial score (nSPS) is 21.4. The Kier molecular flexibility index (Phi) is 19.0. The molecule has 0 atom stereocenters. The summed E-state index contributed by atoms with van der Waals surface area (Å²) >= 11 is 0. The van der Waals surface area contributed by atoms with E-state index < -0.39 is 17.5 Å². The van der Waals surface area contributed by atoms with Gasteiger partial charge in [0.15, 0.2) is 5.60 Å². The SMILES string of the molecule is C#Cc1ccc(C#Cc2ccc(C#Cc3ccc(C#CC4(OC(=O)c5ccc(OC(=O)C6CCC(C(=O)OCCCCCCOC(=O)C=C)CC6)cc5)CCC(C5CCC(C)CC5)CC4)cc3)cc2)cc1. The van der Waals surface area contributed by atoms with Crippen LogP contribution in [0.25, 0.3) is 0 Å². The van der Waals surface area contributed by atoms with Gasteiger partial charge in [0.25, 0.3) is 0 Å². The lowest BCUT2D eigenvalue weighted by Crippen LogP contribution is -2.39. The third-order valence-corrected chi connectivity index (χ3v) is 14.2. The van der Waals surface area contributed by atoms with Gasteiger partial charge in [-0.05, 0) is 211 Å². The van der Waals surface area contributed by atoms with E-state index in [1.807, 2.05) is 72.8 Å². The average Bonchev–Trinajstić information content (AvgIpc) is 3.41. The number of esters is 4. The van der Waals surface area contributed by atoms with Crippen molar-refractivity contribution in [3.63, 3.8) is 0 Å². The minimum atomic E-state index is -0.932. The van der Waals surface area contributed by atoms with Gasteiger partial charge in [-0.25, -0.2) is 9.59 Å². The van der Waals surface area contributed by atoms with Gasteiger partial charge in [0.1, 0.15) is 5.75 Å². The zero-order valence-electron chi connectivity index (χ0n) is 41.0. The Labute approximate surface area is 420 Å². The third kappa shape index (κ3) is 15.9.